The van der Waals surface area contributed by atoms with Crippen molar-refractivity contribution in [2.75, 3.05) is 5.32 Å². The molecule has 6 heteroatoms. The van der Waals surface area contributed by atoms with Gasteiger partial charge in [-0.05, 0) is 42.0 Å². The molecule has 3 nitrogen and oxygen atoms in total. The van der Waals surface area contributed by atoms with E-state index in [-0.39, 0.29) is 21.7 Å². The first-order valence-corrected chi connectivity index (χ1v) is 7.10. The highest BCUT2D eigenvalue weighted by Crippen LogP contribution is 2.37. The molecule has 3 rings (SSSR count). The van der Waals surface area contributed by atoms with Gasteiger partial charge in [-0.25, -0.2) is 0 Å². The first-order chi connectivity index (χ1) is 9.95. The number of halogens is 3. The maximum Gasteiger partial charge on any atom is 0.256 e. The minimum atomic E-state index is -0.229. The number of nitrogens with one attached hydrogen (secondary N) is 1. The van der Waals surface area contributed by atoms with E-state index in [0.29, 0.717) is 27.4 Å². The first kappa shape index (κ1) is 14.3. The van der Waals surface area contributed by atoms with E-state index < -0.39 is 0 Å². The molecule has 0 bridgehead atoms. The van der Waals surface area contributed by atoms with Crippen LogP contribution in [0.5, 0.6) is 5.75 Å². The fourth-order valence-corrected chi connectivity index (χ4v) is 2.81. The van der Waals surface area contributed by atoms with Gasteiger partial charge < -0.3 is 10.4 Å². The fraction of sp³-hybridized carbons (Fsp3) is 0. The molecule has 0 aromatic heterocycles. The third-order valence-electron chi connectivity index (χ3n) is 3.11. The predicted molar refractivity (Wildman–Crippen MR) is 86.1 cm³/mol. The van der Waals surface area contributed by atoms with Crippen molar-refractivity contribution in [3.05, 3.63) is 56.5 Å². The van der Waals surface area contributed by atoms with Crippen LogP contribution in [0.1, 0.15) is 11.1 Å². The molecule has 1 aliphatic rings. The number of phenols is 1. The van der Waals surface area contributed by atoms with Crippen LogP contribution in [0.15, 0.2) is 30.3 Å². The van der Waals surface area contributed by atoms with Crippen molar-refractivity contribution in [2.45, 2.75) is 0 Å². The van der Waals surface area contributed by atoms with Gasteiger partial charge in [-0.3, -0.25) is 4.79 Å². The van der Waals surface area contributed by atoms with Gasteiger partial charge >= 0.3 is 0 Å². The van der Waals surface area contributed by atoms with Gasteiger partial charge in [0.25, 0.3) is 5.91 Å². The Bertz CT molecular complexity index is 776. The van der Waals surface area contributed by atoms with Crippen LogP contribution in [0, 0.1) is 0 Å². The van der Waals surface area contributed by atoms with Crippen LogP contribution in [-0.2, 0) is 4.79 Å². The number of carbonyl (C=O) groups excluding carboxylic acids is 1. The summed E-state index contributed by atoms with van der Waals surface area (Å²) in [5.41, 5.74) is 2.49. The van der Waals surface area contributed by atoms with Gasteiger partial charge in [-0.1, -0.05) is 34.8 Å². The van der Waals surface area contributed by atoms with Gasteiger partial charge in [0, 0.05) is 21.8 Å². The molecule has 2 aromatic carbocycles. The van der Waals surface area contributed by atoms with Gasteiger partial charge in [-0.2, -0.15) is 0 Å². The van der Waals surface area contributed by atoms with E-state index in [1.54, 1.807) is 24.3 Å². The van der Waals surface area contributed by atoms with Crippen molar-refractivity contribution in [3.63, 3.8) is 0 Å². The molecule has 0 fully saturated rings. The molecule has 1 heterocycles. The zero-order valence-electron chi connectivity index (χ0n) is 10.5. The van der Waals surface area contributed by atoms with E-state index in [0.717, 1.165) is 0 Å². The van der Waals surface area contributed by atoms with Crippen LogP contribution in [0.4, 0.5) is 5.69 Å². The van der Waals surface area contributed by atoms with Gasteiger partial charge in [0.2, 0.25) is 0 Å². The number of fused-ring (bicyclic) bond motifs is 1. The van der Waals surface area contributed by atoms with Crippen molar-refractivity contribution in [2.24, 2.45) is 0 Å². The van der Waals surface area contributed by atoms with E-state index in [2.05, 4.69) is 5.32 Å². The second-order valence-corrected chi connectivity index (χ2v) is 5.79. The number of benzene rings is 2. The smallest absolute Gasteiger partial charge is 0.256 e. The maximum absolute atomic E-state index is 12.0. The van der Waals surface area contributed by atoms with Gasteiger partial charge in [0.05, 0.1) is 10.0 Å². The minimum absolute atomic E-state index is 0.124. The molecule has 0 radical (unpaired) electrons. The second-order valence-electron chi connectivity index (χ2n) is 4.54. The van der Waals surface area contributed by atoms with Gasteiger partial charge in [0.1, 0.15) is 0 Å². The second kappa shape index (κ2) is 5.26. The summed E-state index contributed by atoms with van der Waals surface area (Å²) >= 11 is 17.7. The molecule has 106 valence electrons. The highest BCUT2D eigenvalue weighted by molar-refractivity contribution is 6.38. The lowest BCUT2D eigenvalue weighted by atomic mass is 10.0. The number of rotatable bonds is 1. The normalized spacial score (nSPS) is 15.2. The Hall–Kier alpha value is -1.68. The zero-order valence-corrected chi connectivity index (χ0v) is 12.7. The Morgan fingerprint density at radius 3 is 2.38 bits per heavy atom. The SMILES string of the molecule is O=C1Nc2ccc(Cl)cc2/C1=C/c1cc(Cl)c(O)c(Cl)c1. The van der Waals surface area contributed by atoms with Crippen LogP contribution in [0.25, 0.3) is 11.6 Å². The van der Waals surface area contributed by atoms with Crippen molar-refractivity contribution in [3.8, 4) is 5.75 Å². The van der Waals surface area contributed by atoms with Crippen LogP contribution in [0.3, 0.4) is 0 Å². The Labute approximate surface area is 135 Å². The molecule has 2 N–H and O–H groups in total. The summed E-state index contributed by atoms with van der Waals surface area (Å²) in [6.07, 6.45) is 1.65. The first-order valence-electron chi connectivity index (χ1n) is 5.96. The molecule has 2 aromatic rings. The third-order valence-corrected chi connectivity index (χ3v) is 3.93. The molecule has 0 saturated carbocycles. The minimum Gasteiger partial charge on any atom is -0.505 e. The Morgan fingerprint density at radius 1 is 1.05 bits per heavy atom. The largest absolute Gasteiger partial charge is 0.505 e. The molecular weight excluding hydrogens is 333 g/mol. The number of carbonyl (C=O) groups is 1. The quantitative estimate of drug-likeness (QED) is 0.729. The average Bonchev–Trinajstić information content (AvgIpc) is 2.72. The highest BCUT2D eigenvalue weighted by atomic mass is 35.5. The number of hydrogen-bond donors (Lipinski definition) is 2. The summed E-state index contributed by atoms with van der Waals surface area (Å²) in [6, 6.07) is 8.23. The standard InChI is InChI=1S/C15H8Cl3NO2/c16-8-1-2-13-9(6-8)10(15(21)19-13)3-7-4-11(17)14(20)12(18)5-7/h1-6,20H,(H,19,21)/b10-3-. The molecule has 21 heavy (non-hydrogen) atoms. The lowest BCUT2D eigenvalue weighted by Crippen LogP contribution is -2.03. The molecule has 0 spiro atoms. The molecular formula is C15H8Cl3NO2. The van der Waals surface area contributed by atoms with Crippen molar-refractivity contribution in [1.82, 2.24) is 0 Å². The van der Waals surface area contributed by atoms with E-state index in [9.17, 15) is 9.90 Å². The predicted octanol–water partition coefficient (Wildman–Crippen LogP) is 4.85. The van der Waals surface area contributed by atoms with Crippen molar-refractivity contribution >= 4 is 58.0 Å². The Balaban J connectivity index is 2.13. The topological polar surface area (TPSA) is 49.3 Å². The van der Waals surface area contributed by atoms with Crippen molar-refractivity contribution < 1.29 is 9.90 Å². The number of anilines is 1. The molecule has 0 aliphatic carbocycles. The average molecular weight is 341 g/mol. The number of phenolic OH excluding ortho intramolecular Hbond substituents is 1. The van der Waals surface area contributed by atoms with E-state index in [1.165, 1.54) is 12.1 Å². The lowest BCUT2D eigenvalue weighted by Gasteiger charge is -2.03. The summed E-state index contributed by atoms with van der Waals surface area (Å²) in [6.45, 7) is 0. The molecule has 0 unspecified atom stereocenters. The summed E-state index contributed by atoms with van der Waals surface area (Å²) < 4.78 is 0. The number of aromatic hydroxyl groups is 1. The van der Waals surface area contributed by atoms with E-state index >= 15 is 0 Å². The van der Waals surface area contributed by atoms with Crippen LogP contribution in [-0.4, -0.2) is 11.0 Å². The summed E-state index contributed by atoms with van der Waals surface area (Å²) in [5.74, 6) is -0.410. The van der Waals surface area contributed by atoms with Crippen LogP contribution >= 0.6 is 34.8 Å². The lowest BCUT2D eigenvalue weighted by molar-refractivity contribution is -0.110. The fourth-order valence-electron chi connectivity index (χ4n) is 2.14. The van der Waals surface area contributed by atoms with Gasteiger partial charge in [0.15, 0.2) is 5.75 Å². The summed E-state index contributed by atoms with van der Waals surface area (Å²) in [7, 11) is 0. The number of hydrogen-bond acceptors (Lipinski definition) is 2. The monoisotopic (exact) mass is 339 g/mol. The molecule has 1 amide bonds. The highest BCUT2D eigenvalue weighted by Gasteiger charge is 2.24. The molecule has 0 saturated heterocycles. The van der Waals surface area contributed by atoms with Gasteiger partial charge in [-0.15, -0.1) is 0 Å². The summed E-state index contributed by atoms with van der Waals surface area (Å²) in [4.78, 5) is 12.0. The van der Waals surface area contributed by atoms with Crippen LogP contribution < -0.4 is 5.32 Å². The zero-order chi connectivity index (χ0) is 15.1. The van der Waals surface area contributed by atoms with E-state index in [1.807, 2.05) is 0 Å². The summed E-state index contributed by atoms with van der Waals surface area (Å²) in [5, 5.41) is 13.1. The Kier molecular flexibility index (Phi) is 3.57. The maximum atomic E-state index is 12.0. The number of amides is 1. The van der Waals surface area contributed by atoms with Crippen LogP contribution in [0.2, 0.25) is 15.1 Å². The third kappa shape index (κ3) is 2.60. The molecule has 0 atom stereocenters. The van der Waals surface area contributed by atoms with E-state index in [4.69, 9.17) is 34.8 Å². The Morgan fingerprint density at radius 2 is 1.71 bits per heavy atom. The molecule has 1 aliphatic heterocycles. The van der Waals surface area contributed by atoms with Crippen molar-refractivity contribution in [1.29, 1.82) is 0 Å².